The minimum atomic E-state index is 0.406. The summed E-state index contributed by atoms with van der Waals surface area (Å²) in [5.41, 5.74) is 0. The second kappa shape index (κ2) is 6.02. The van der Waals surface area contributed by atoms with Gasteiger partial charge in [-0.05, 0) is 44.6 Å². The molecule has 0 aromatic rings. The Morgan fingerprint density at radius 2 is 2.06 bits per heavy atom. The zero-order chi connectivity index (χ0) is 11.4. The number of unbranched alkanes of at least 4 members (excludes halogenated alkanes) is 2. The second-order valence-electron chi connectivity index (χ2n) is 5.62. The first-order chi connectivity index (χ1) is 7.86. The van der Waals surface area contributed by atoms with Gasteiger partial charge in [0, 0.05) is 18.7 Å². The lowest BCUT2D eigenvalue weighted by Crippen LogP contribution is -2.48. The standard InChI is InChI=1S/C14H27NO/c1-2-3-4-6-13-9-8-12(11-16)14-7-5-10-15(13)14/h12-14,16H,2-11H2,1H3/t12-,13+,14-/m0/s1. The smallest absolute Gasteiger partial charge is 0.0474 e. The highest BCUT2D eigenvalue weighted by Gasteiger charge is 2.38. The molecule has 2 saturated heterocycles. The maximum atomic E-state index is 9.41. The SMILES string of the molecule is CCCCC[C@@H]1CC[C@@H](CO)[C@@H]2CCCN12. The minimum absolute atomic E-state index is 0.406. The van der Waals surface area contributed by atoms with E-state index in [0.717, 1.165) is 6.04 Å². The van der Waals surface area contributed by atoms with Gasteiger partial charge in [-0.25, -0.2) is 0 Å². The molecule has 0 saturated carbocycles. The van der Waals surface area contributed by atoms with Gasteiger partial charge in [-0.1, -0.05) is 26.2 Å². The van der Waals surface area contributed by atoms with Crippen molar-refractivity contribution in [2.24, 2.45) is 5.92 Å². The molecule has 0 amide bonds. The van der Waals surface area contributed by atoms with E-state index in [1.807, 2.05) is 0 Å². The van der Waals surface area contributed by atoms with Gasteiger partial charge in [0.2, 0.25) is 0 Å². The number of hydrogen-bond donors (Lipinski definition) is 1. The van der Waals surface area contributed by atoms with Gasteiger partial charge in [-0.2, -0.15) is 0 Å². The van der Waals surface area contributed by atoms with Crippen molar-refractivity contribution in [1.82, 2.24) is 4.90 Å². The van der Waals surface area contributed by atoms with E-state index < -0.39 is 0 Å². The largest absolute Gasteiger partial charge is 0.396 e. The molecule has 2 rings (SSSR count). The molecule has 0 bridgehead atoms. The van der Waals surface area contributed by atoms with Crippen LogP contribution < -0.4 is 0 Å². The first-order valence-corrected chi connectivity index (χ1v) is 7.23. The Morgan fingerprint density at radius 3 is 2.81 bits per heavy atom. The van der Waals surface area contributed by atoms with Gasteiger partial charge in [-0.3, -0.25) is 4.90 Å². The highest BCUT2D eigenvalue weighted by Crippen LogP contribution is 2.36. The Hall–Kier alpha value is -0.0800. The van der Waals surface area contributed by atoms with Crippen LogP contribution in [-0.2, 0) is 0 Å². The lowest BCUT2D eigenvalue weighted by Gasteiger charge is -2.42. The molecular weight excluding hydrogens is 198 g/mol. The summed E-state index contributed by atoms with van der Waals surface area (Å²) in [6, 6.07) is 1.55. The van der Waals surface area contributed by atoms with Gasteiger partial charge >= 0.3 is 0 Å². The van der Waals surface area contributed by atoms with Crippen molar-refractivity contribution < 1.29 is 5.11 Å². The molecule has 2 fully saturated rings. The fourth-order valence-electron chi connectivity index (χ4n) is 3.69. The van der Waals surface area contributed by atoms with Crippen molar-refractivity contribution in [3.63, 3.8) is 0 Å². The molecule has 0 unspecified atom stereocenters. The fourth-order valence-corrected chi connectivity index (χ4v) is 3.69. The van der Waals surface area contributed by atoms with Crippen molar-refractivity contribution in [3.8, 4) is 0 Å². The van der Waals surface area contributed by atoms with E-state index in [9.17, 15) is 5.11 Å². The summed E-state index contributed by atoms with van der Waals surface area (Å²) in [7, 11) is 0. The van der Waals surface area contributed by atoms with E-state index in [0.29, 0.717) is 18.6 Å². The first kappa shape index (κ1) is 12.4. The average Bonchev–Trinajstić information content (AvgIpc) is 2.79. The summed E-state index contributed by atoms with van der Waals surface area (Å²) < 4.78 is 0. The molecule has 0 aromatic carbocycles. The number of piperidine rings is 1. The normalized spacial score (nSPS) is 35.2. The molecule has 94 valence electrons. The van der Waals surface area contributed by atoms with Crippen molar-refractivity contribution in [1.29, 1.82) is 0 Å². The van der Waals surface area contributed by atoms with Crippen LogP contribution >= 0.6 is 0 Å². The molecule has 0 spiro atoms. The number of fused-ring (bicyclic) bond motifs is 1. The fraction of sp³-hybridized carbons (Fsp3) is 1.00. The monoisotopic (exact) mass is 225 g/mol. The van der Waals surface area contributed by atoms with Crippen LogP contribution in [-0.4, -0.2) is 35.2 Å². The highest BCUT2D eigenvalue weighted by atomic mass is 16.3. The summed E-state index contributed by atoms with van der Waals surface area (Å²) in [6.07, 6.45) is 10.8. The van der Waals surface area contributed by atoms with E-state index >= 15 is 0 Å². The lowest BCUT2D eigenvalue weighted by atomic mass is 9.85. The Kier molecular flexibility index (Phi) is 4.66. The maximum Gasteiger partial charge on any atom is 0.0474 e. The molecule has 1 N–H and O–H groups in total. The molecular formula is C14H27NO. The van der Waals surface area contributed by atoms with Crippen LogP contribution in [0.5, 0.6) is 0 Å². The maximum absolute atomic E-state index is 9.41. The average molecular weight is 225 g/mol. The van der Waals surface area contributed by atoms with E-state index in [2.05, 4.69) is 11.8 Å². The van der Waals surface area contributed by atoms with Gasteiger partial charge in [0.05, 0.1) is 0 Å². The van der Waals surface area contributed by atoms with Crippen molar-refractivity contribution in [2.45, 2.75) is 70.4 Å². The minimum Gasteiger partial charge on any atom is -0.396 e. The molecule has 16 heavy (non-hydrogen) atoms. The van der Waals surface area contributed by atoms with Crippen molar-refractivity contribution >= 4 is 0 Å². The van der Waals surface area contributed by atoms with Crippen LogP contribution in [0.3, 0.4) is 0 Å². The Balaban J connectivity index is 1.86. The van der Waals surface area contributed by atoms with Crippen LogP contribution in [0.2, 0.25) is 0 Å². The molecule has 0 aromatic heterocycles. The van der Waals surface area contributed by atoms with Crippen LogP contribution in [0.25, 0.3) is 0 Å². The summed E-state index contributed by atoms with van der Waals surface area (Å²) in [6.45, 7) is 3.97. The zero-order valence-corrected chi connectivity index (χ0v) is 10.7. The first-order valence-electron chi connectivity index (χ1n) is 7.23. The predicted molar refractivity (Wildman–Crippen MR) is 67.5 cm³/mol. The second-order valence-corrected chi connectivity index (χ2v) is 5.62. The van der Waals surface area contributed by atoms with E-state index in [4.69, 9.17) is 0 Å². The molecule has 3 atom stereocenters. The number of rotatable bonds is 5. The van der Waals surface area contributed by atoms with Gasteiger partial charge in [0.1, 0.15) is 0 Å². The summed E-state index contributed by atoms with van der Waals surface area (Å²) in [5.74, 6) is 0.574. The molecule has 0 radical (unpaired) electrons. The number of nitrogens with zero attached hydrogens (tertiary/aromatic N) is 1. The Bertz CT molecular complexity index is 205. The summed E-state index contributed by atoms with van der Waals surface area (Å²) >= 11 is 0. The number of hydrogen-bond acceptors (Lipinski definition) is 2. The molecule has 2 nitrogen and oxygen atoms in total. The number of aliphatic hydroxyl groups is 1. The van der Waals surface area contributed by atoms with Gasteiger partial charge in [0.15, 0.2) is 0 Å². The predicted octanol–water partition coefficient (Wildman–Crippen LogP) is 2.80. The van der Waals surface area contributed by atoms with Gasteiger partial charge in [0.25, 0.3) is 0 Å². The van der Waals surface area contributed by atoms with E-state index in [1.165, 1.54) is 57.9 Å². The highest BCUT2D eigenvalue weighted by molar-refractivity contribution is 4.93. The number of aliphatic hydroxyl groups excluding tert-OH is 1. The molecule has 2 aliphatic rings. The van der Waals surface area contributed by atoms with E-state index in [-0.39, 0.29) is 0 Å². The topological polar surface area (TPSA) is 23.5 Å². The van der Waals surface area contributed by atoms with Crippen LogP contribution in [0, 0.1) is 5.92 Å². The van der Waals surface area contributed by atoms with Crippen molar-refractivity contribution in [3.05, 3.63) is 0 Å². The third-order valence-corrected chi connectivity index (χ3v) is 4.60. The quantitative estimate of drug-likeness (QED) is 0.727. The molecule has 0 aliphatic carbocycles. The third kappa shape index (κ3) is 2.60. The summed E-state index contributed by atoms with van der Waals surface area (Å²) in [4.78, 5) is 2.72. The van der Waals surface area contributed by atoms with Crippen LogP contribution in [0.4, 0.5) is 0 Å². The van der Waals surface area contributed by atoms with E-state index in [1.54, 1.807) is 0 Å². The van der Waals surface area contributed by atoms with Gasteiger partial charge < -0.3 is 5.11 Å². The summed E-state index contributed by atoms with van der Waals surface area (Å²) in [5, 5.41) is 9.41. The van der Waals surface area contributed by atoms with Crippen LogP contribution in [0.15, 0.2) is 0 Å². The van der Waals surface area contributed by atoms with Gasteiger partial charge in [-0.15, -0.1) is 0 Å². The molecule has 2 aliphatic heterocycles. The molecule has 2 heterocycles. The zero-order valence-electron chi connectivity index (χ0n) is 10.7. The Morgan fingerprint density at radius 1 is 1.19 bits per heavy atom. The Labute approximate surface area is 100 Å². The lowest BCUT2D eigenvalue weighted by molar-refractivity contribution is 0.0389. The van der Waals surface area contributed by atoms with Crippen LogP contribution in [0.1, 0.15) is 58.3 Å². The third-order valence-electron chi connectivity index (χ3n) is 4.60. The molecule has 2 heteroatoms. The van der Waals surface area contributed by atoms with Crippen molar-refractivity contribution in [2.75, 3.05) is 13.2 Å².